The third-order valence-electron chi connectivity index (χ3n) is 3.65. The molecule has 0 bridgehead atoms. The number of nitrogens with zero attached hydrogens (tertiary/aromatic N) is 2. The lowest BCUT2D eigenvalue weighted by atomic mass is 10.1. The summed E-state index contributed by atoms with van der Waals surface area (Å²) in [5.41, 5.74) is 1.04. The Bertz CT molecular complexity index is 413. The predicted octanol–water partition coefficient (Wildman–Crippen LogP) is 1.86. The van der Waals surface area contributed by atoms with Gasteiger partial charge in [-0.2, -0.15) is 0 Å². The minimum Gasteiger partial charge on any atom is -0.341 e. The molecular formula is C16H25N3O. The highest BCUT2D eigenvalue weighted by molar-refractivity contribution is 5.78. The Hall–Kier alpha value is -1.42. The third kappa shape index (κ3) is 4.60. The minimum absolute atomic E-state index is 0.221. The van der Waals surface area contributed by atoms with Crippen molar-refractivity contribution in [2.75, 3.05) is 19.6 Å². The van der Waals surface area contributed by atoms with E-state index in [4.69, 9.17) is 0 Å². The highest BCUT2D eigenvalue weighted by Crippen LogP contribution is 2.11. The Labute approximate surface area is 121 Å². The molecule has 0 aliphatic carbocycles. The molecule has 0 saturated carbocycles. The standard InChI is InChI=1S/C16H25N3O/c1-13(2)11-19(12-15-4-3-7-18-15)16(20)10-14-5-8-17-9-6-14/h5-6,8-9,13,15,18H,3-4,7,10-12H2,1-2H3. The second kappa shape index (κ2) is 7.39. The van der Waals surface area contributed by atoms with Gasteiger partial charge in [-0.05, 0) is 43.0 Å². The van der Waals surface area contributed by atoms with Gasteiger partial charge in [-0.1, -0.05) is 13.8 Å². The van der Waals surface area contributed by atoms with E-state index in [0.29, 0.717) is 18.4 Å². The van der Waals surface area contributed by atoms with E-state index in [-0.39, 0.29) is 5.91 Å². The molecule has 1 aromatic heterocycles. The molecule has 20 heavy (non-hydrogen) atoms. The second-order valence-electron chi connectivity index (χ2n) is 6.02. The van der Waals surface area contributed by atoms with E-state index in [1.54, 1.807) is 12.4 Å². The Kier molecular flexibility index (Phi) is 5.53. The quantitative estimate of drug-likeness (QED) is 0.862. The summed E-state index contributed by atoms with van der Waals surface area (Å²) in [7, 11) is 0. The summed E-state index contributed by atoms with van der Waals surface area (Å²) in [5, 5.41) is 3.48. The molecule has 110 valence electrons. The Morgan fingerprint density at radius 3 is 2.80 bits per heavy atom. The molecular weight excluding hydrogens is 250 g/mol. The Balaban J connectivity index is 1.95. The van der Waals surface area contributed by atoms with Crippen LogP contribution in [-0.2, 0) is 11.2 Å². The van der Waals surface area contributed by atoms with Gasteiger partial charge in [0, 0.05) is 31.5 Å². The molecule has 0 radical (unpaired) electrons. The lowest BCUT2D eigenvalue weighted by molar-refractivity contribution is -0.131. The first kappa shape index (κ1) is 15.0. The van der Waals surface area contributed by atoms with Gasteiger partial charge in [0.2, 0.25) is 5.91 Å². The van der Waals surface area contributed by atoms with Crippen LogP contribution in [0.3, 0.4) is 0 Å². The number of carbonyl (C=O) groups excluding carboxylic acids is 1. The fourth-order valence-corrected chi connectivity index (χ4v) is 2.68. The molecule has 1 unspecified atom stereocenters. The maximum atomic E-state index is 12.5. The molecule has 0 aromatic carbocycles. The van der Waals surface area contributed by atoms with Crippen LogP contribution in [-0.4, -0.2) is 41.5 Å². The Morgan fingerprint density at radius 2 is 2.20 bits per heavy atom. The van der Waals surface area contributed by atoms with Crippen LogP contribution >= 0.6 is 0 Å². The van der Waals surface area contributed by atoms with Gasteiger partial charge in [-0.15, -0.1) is 0 Å². The van der Waals surface area contributed by atoms with Crippen LogP contribution in [0.15, 0.2) is 24.5 Å². The molecule has 1 N–H and O–H groups in total. The predicted molar refractivity (Wildman–Crippen MR) is 80.4 cm³/mol. The van der Waals surface area contributed by atoms with Crippen LogP contribution in [0.25, 0.3) is 0 Å². The van der Waals surface area contributed by atoms with Crippen molar-refractivity contribution in [1.82, 2.24) is 15.2 Å². The van der Waals surface area contributed by atoms with E-state index in [9.17, 15) is 4.79 Å². The zero-order valence-corrected chi connectivity index (χ0v) is 12.5. The van der Waals surface area contributed by atoms with Crippen LogP contribution in [0, 0.1) is 5.92 Å². The number of rotatable bonds is 6. The SMILES string of the molecule is CC(C)CN(CC1CCCN1)C(=O)Cc1ccncc1. The van der Waals surface area contributed by atoms with Crippen molar-refractivity contribution in [2.45, 2.75) is 39.2 Å². The molecule has 1 fully saturated rings. The molecule has 4 nitrogen and oxygen atoms in total. The lowest BCUT2D eigenvalue weighted by Gasteiger charge is -2.27. The van der Waals surface area contributed by atoms with E-state index < -0.39 is 0 Å². The molecule has 1 saturated heterocycles. The van der Waals surface area contributed by atoms with Gasteiger partial charge >= 0.3 is 0 Å². The summed E-state index contributed by atoms with van der Waals surface area (Å²) >= 11 is 0. The highest BCUT2D eigenvalue weighted by atomic mass is 16.2. The summed E-state index contributed by atoms with van der Waals surface area (Å²) in [6.07, 6.45) is 6.36. The van der Waals surface area contributed by atoms with E-state index in [1.165, 1.54) is 12.8 Å². The average Bonchev–Trinajstić information content (AvgIpc) is 2.91. The fourth-order valence-electron chi connectivity index (χ4n) is 2.68. The third-order valence-corrected chi connectivity index (χ3v) is 3.65. The number of hydrogen-bond acceptors (Lipinski definition) is 3. The molecule has 4 heteroatoms. The van der Waals surface area contributed by atoms with E-state index in [1.807, 2.05) is 17.0 Å². The molecule has 2 heterocycles. The summed E-state index contributed by atoms with van der Waals surface area (Å²) in [6.45, 7) is 7.08. The van der Waals surface area contributed by atoms with Gasteiger partial charge in [0.1, 0.15) is 0 Å². The highest BCUT2D eigenvalue weighted by Gasteiger charge is 2.22. The van der Waals surface area contributed by atoms with Crippen LogP contribution in [0.5, 0.6) is 0 Å². The van der Waals surface area contributed by atoms with E-state index >= 15 is 0 Å². The first-order valence-corrected chi connectivity index (χ1v) is 7.55. The number of aromatic nitrogens is 1. The first-order chi connectivity index (χ1) is 9.65. The maximum Gasteiger partial charge on any atom is 0.227 e. The largest absolute Gasteiger partial charge is 0.341 e. The van der Waals surface area contributed by atoms with Crippen molar-refractivity contribution in [1.29, 1.82) is 0 Å². The lowest BCUT2D eigenvalue weighted by Crippen LogP contribution is -2.43. The van der Waals surface area contributed by atoms with Gasteiger partial charge in [0.25, 0.3) is 0 Å². The Morgan fingerprint density at radius 1 is 1.45 bits per heavy atom. The van der Waals surface area contributed by atoms with Crippen molar-refractivity contribution in [3.63, 3.8) is 0 Å². The van der Waals surface area contributed by atoms with Gasteiger partial charge in [0.05, 0.1) is 6.42 Å². The number of nitrogens with one attached hydrogen (secondary N) is 1. The smallest absolute Gasteiger partial charge is 0.227 e. The van der Waals surface area contributed by atoms with Gasteiger partial charge < -0.3 is 10.2 Å². The number of hydrogen-bond donors (Lipinski definition) is 1. The van der Waals surface area contributed by atoms with Gasteiger partial charge in [-0.3, -0.25) is 9.78 Å². The molecule has 1 aromatic rings. The molecule has 0 spiro atoms. The second-order valence-corrected chi connectivity index (χ2v) is 6.02. The van der Waals surface area contributed by atoms with Crippen molar-refractivity contribution in [3.8, 4) is 0 Å². The normalized spacial score (nSPS) is 18.4. The number of carbonyl (C=O) groups is 1. The van der Waals surface area contributed by atoms with E-state index in [2.05, 4.69) is 24.1 Å². The minimum atomic E-state index is 0.221. The van der Waals surface area contributed by atoms with E-state index in [0.717, 1.165) is 25.2 Å². The first-order valence-electron chi connectivity index (χ1n) is 7.55. The summed E-state index contributed by atoms with van der Waals surface area (Å²) < 4.78 is 0. The zero-order valence-electron chi connectivity index (χ0n) is 12.5. The molecule has 1 aliphatic rings. The molecule has 1 amide bonds. The molecule has 1 atom stereocenters. The van der Waals surface area contributed by atoms with Crippen molar-refractivity contribution in [2.24, 2.45) is 5.92 Å². The van der Waals surface area contributed by atoms with Crippen LogP contribution in [0.2, 0.25) is 0 Å². The summed E-state index contributed by atoms with van der Waals surface area (Å²) in [6, 6.07) is 4.30. The average molecular weight is 275 g/mol. The monoisotopic (exact) mass is 275 g/mol. The topological polar surface area (TPSA) is 45.2 Å². The van der Waals surface area contributed by atoms with Crippen molar-refractivity contribution in [3.05, 3.63) is 30.1 Å². The van der Waals surface area contributed by atoms with Crippen LogP contribution in [0.4, 0.5) is 0 Å². The van der Waals surface area contributed by atoms with Crippen molar-refractivity contribution < 1.29 is 4.79 Å². The van der Waals surface area contributed by atoms with Crippen LogP contribution in [0.1, 0.15) is 32.3 Å². The van der Waals surface area contributed by atoms with Gasteiger partial charge in [0.15, 0.2) is 0 Å². The maximum absolute atomic E-state index is 12.5. The summed E-state index contributed by atoms with van der Waals surface area (Å²) in [4.78, 5) is 18.5. The molecule has 1 aliphatic heterocycles. The number of pyridine rings is 1. The fraction of sp³-hybridized carbons (Fsp3) is 0.625. The van der Waals surface area contributed by atoms with Crippen LogP contribution < -0.4 is 5.32 Å². The van der Waals surface area contributed by atoms with Crippen molar-refractivity contribution >= 4 is 5.91 Å². The zero-order chi connectivity index (χ0) is 14.4. The van der Waals surface area contributed by atoms with Gasteiger partial charge in [-0.25, -0.2) is 0 Å². The summed E-state index contributed by atoms with van der Waals surface area (Å²) in [5.74, 6) is 0.719. The molecule has 2 rings (SSSR count). The number of amides is 1.